The summed E-state index contributed by atoms with van der Waals surface area (Å²) in [5.41, 5.74) is 5.30. The predicted octanol–water partition coefficient (Wildman–Crippen LogP) is 3.23. The second-order valence-electron chi connectivity index (χ2n) is 6.99. The van der Waals surface area contributed by atoms with Crippen LogP contribution in [-0.4, -0.2) is 37.1 Å². The molecule has 1 aliphatic heterocycles. The van der Waals surface area contributed by atoms with Crippen molar-refractivity contribution in [2.45, 2.75) is 13.0 Å². The van der Waals surface area contributed by atoms with Crippen LogP contribution < -0.4 is 0 Å². The van der Waals surface area contributed by atoms with E-state index in [0.29, 0.717) is 25.1 Å². The largest absolute Gasteiger partial charge is 0.332 e. The Balaban J connectivity index is 1.38. The molecule has 0 saturated heterocycles. The van der Waals surface area contributed by atoms with Gasteiger partial charge in [-0.2, -0.15) is 5.10 Å². The van der Waals surface area contributed by atoms with Crippen molar-refractivity contribution in [3.8, 4) is 11.3 Å². The van der Waals surface area contributed by atoms with Crippen molar-refractivity contribution in [2.75, 3.05) is 6.54 Å². The Morgan fingerprint density at radius 2 is 1.93 bits per heavy atom. The highest BCUT2D eigenvalue weighted by molar-refractivity contribution is 6.03. The van der Waals surface area contributed by atoms with Gasteiger partial charge in [-0.05, 0) is 24.3 Å². The zero-order chi connectivity index (χ0) is 19.1. The van der Waals surface area contributed by atoms with Crippen molar-refractivity contribution in [1.29, 1.82) is 0 Å². The Kier molecular flexibility index (Phi) is 3.90. The van der Waals surface area contributed by atoms with Crippen LogP contribution in [0.25, 0.3) is 22.2 Å². The topological polar surface area (TPSA) is 63.9 Å². The Morgan fingerprint density at radius 3 is 2.79 bits per heavy atom. The highest BCUT2D eigenvalue weighted by Crippen LogP contribution is 2.31. The average Bonchev–Trinajstić information content (AvgIpc) is 3.29. The molecule has 6 nitrogen and oxygen atoms in total. The van der Waals surface area contributed by atoms with Crippen molar-refractivity contribution in [1.82, 2.24) is 24.6 Å². The highest BCUT2D eigenvalue weighted by Gasteiger charge is 2.31. The van der Waals surface area contributed by atoms with Crippen LogP contribution in [-0.2, 0) is 20.0 Å². The lowest BCUT2D eigenvalue weighted by Crippen LogP contribution is -2.26. The number of aromatic nitrogens is 4. The van der Waals surface area contributed by atoms with E-state index in [4.69, 9.17) is 4.98 Å². The molecule has 0 atom stereocenters. The van der Waals surface area contributed by atoms with Gasteiger partial charge < -0.3 is 4.90 Å². The van der Waals surface area contributed by atoms with Gasteiger partial charge in [0.15, 0.2) is 0 Å². The van der Waals surface area contributed by atoms with Gasteiger partial charge in [0.1, 0.15) is 0 Å². The first-order chi connectivity index (χ1) is 13.7. The summed E-state index contributed by atoms with van der Waals surface area (Å²) in [6.45, 7) is 1.15. The number of benzene rings is 1. The van der Waals surface area contributed by atoms with Gasteiger partial charge in [0.2, 0.25) is 0 Å². The zero-order valence-corrected chi connectivity index (χ0v) is 15.5. The monoisotopic (exact) mass is 369 g/mol. The number of aryl methyl sites for hydroxylation is 1. The minimum Gasteiger partial charge on any atom is -0.332 e. The van der Waals surface area contributed by atoms with Crippen LogP contribution in [0.4, 0.5) is 0 Å². The molecule has 0 radical (unpaired) electrons. The molecule has 1 aromatic carbocycles. The Bertz CT molecular complexity index is 1200. The third-order valence-corrected chi connectivity index (χ3v) is 5.26. The number of rotatable bonds is 4. The van der Waals surface area contributed by atoms with E-state index in [9.17, 15) is 4.79 Å². The number of hydrogen-bond acceptors (Lipinski definition) is 4. The van der Waals surface area contributed by atoms with Crippen molar-refractivity contribution < 1.29 is 4.79 Å². The minimum atomic E-state index is 0.0279. The first-order valence-electron chi connectivity index (χ1n) is 9.31. The van der Waals surface area contributed by atoms with Gasteiger partial charge in [0.05, 0.1) is 29.0 Å². The van der Waals surface area contributed by atoms with E-state index in [1.54, 1.807) is 17.1 Å². The van der Waals surface area contributed by atoms with Crippen molar-refractivity contribution in [3.05, 3.63) is 77.9 Å². The summed E-state index contributed by atoms with van der Waals surface area (Å²) in [5, 5.41) is 5.35. The number of fused-ring (bicyclic) bond motifs is 2. The van der Waals surface area contributed by atoms with E-state index in [1.807, 2.05) is 48.3 Å². The van der Waals surface area contributed by atoms with Crippen LogP contribution in [0.1, 0.15) is 21.7 Å². The van der Waals surface area contributed by atoms with Gasteiger partial charge in [-0.3, -0.25) is 19.4 Å². The Morgan fingerprint density at radius 1 is 1.04 bits per heavy atom. The lowest BCUT2D eigenvalue weighted by atomic mass is 10.1. The molecule has 1 amide bonds. The van der Waals surface area contributed by atoms with Crippen LogP contribution in [0.2, 0.25) is 0 Å². The van der Waals surface area contributed by atoms with E-state index in [1.165, 1.54) is 0 Å². The number of para-hydroxylation sites is 1. The number of pyridine rings is 2. The molecule has 0 spiro atoms. The van der Waals surface area contributed by atoms with Gasteiger partial charge >= 0.3 is 0 Å². The summed E-state index contributed by atoms with van der Waals surface area (Å²) >= 11 is 0. The molecule has 138 valence electrons. The molecule has 5 rings (SSSR count). The first kappa shape index (κ1) is 16.6. The summed E-state index contributed by atoms with van der Waals surface area (Å²) in [6.07, 6.45) is 4.22. The van der Waals surface area contributed by atoms with E-state index in [-0.39, 0.29) is 5.91 Å². The van der Waals surface area contributed by atoms with Crippen LogP contribution in [0.5, 0.6) is 0 Å². The Labute approximate surface area is 162 Å². The lowest BCUT2D eigenvalue weighted by Gasteiger charge is -2.15. The van der Waals surface area contributed by atoms with Crippen molar-refractivity contribution in [3.63, 3.8) is 0 Å². The molecular formula is C22H19N5O. The number of amides is 1. The second kappa shape index (κ2) is 6.56. The maximum Gasteiger partial charge on any atom is 0.256 e. The molecule has 0 unspecified atom stereocenters. The van der Waals surface area contributed by atoms with E-state index >= 15 is 0 Å². The summed E-state index contributed by atoms with van der Waals surface area (Å²) in [7, 11) is 1.88. The van der Waals surface area contributed by atoms with E-state index in [2.05, 4.69) is 22.2 Å². The molecule has 0 saturated carbocycles. The smallest absolute Gasteiger partial charge is 0.256 e. The van der Waals surface area contributed by atoms with Crippen LogP contribution in [0.15, 0.2) is 60.9 Å². The molecule has 0 aliphatic carbocycles. The van der Waals surface area contributed by atoms with Crippen LogP contribution >= 0.6 is 0 Å². The summed E-state index contributed by atoms with van der Waals surface area (Å²) < 4.78 is 1.78. The Hall–Kier alpha value is -3.54. The number of carbonyl (C=O) groups is 1. The van der Waals surface area contributed by atoms with Gasteiger partial charge in [0, 0.05) is 49.1 Å². The third kappa shape index (κ3) is 2.74. The predicted molar refractivity (Wildman–Crippen MR) is 107 cm³/mol. The fraction of sp³-hybridized carbons (Fsp3) is 0.182. The molecule has 1 aliphatic rings. The van der Waals surface area contributed by atoms with Crippen molar-refractivity contribution in [2.24, 2.45) is 7.05 Å². The van der Waals surface area contributed by atoms with Crippen molar-refractivity contribution >= 4 is 16.8 Å². The normalized spacial score (nSPS) is 13.3. The second-order valence-corrected chi connectivity index (χ2v) is 6.99. The molecule has 4 aromatic rings. The number of nitrogens with zero attached hydrogens (tertiary/aromatic N) is 5. The fourth-order valence-corrected chi connectivity index (χ4v) is 3.80. The third-order valence-electron chi connectivity index (χ3n) is 5.26. The average molecular weight is 369 g/mol. The number of carbonyl (C=O) groups excluding carboxylic acids is 1. The fourth-order valence-electron chi connectivity index (χ4n) is 3.80. The standard InChI is InChI=1S/C22H19N5O/c1-26-20(9-12-24-26)17-8-11-23-19-14-27(22(28)21(17)19)13-10-16-7-6-15-4-2-3-5-18(15)25-16/h2-9,11-12H,10,13-14H2,1H3. The van der Waals surface area contributed by atoms with Gasteiger partial charge in [-0.1, -0.05) is 24.3 Å². The molecule has 0 fully saturated rings. The number of hydrogen-bond donors (Lipinski definition) is 0. The van der Waals surface area contributed by atoms with E-state index in [0.717, 1.165) is 33.5 Å². The van der Waals surface area contributed by atoms with Gasteiger partial charge in [-0.25, -0.2) is 0 Å². The lowest BCUT2D eigenvalue weighted by molar-refractivity contribution is 0.0780. The highest BCUT2D eigenvalue weighted by atomic mass is 16.2. The maximum absolute atomic E-state index is 13.1. The molecule has 28 heavy (non-hydrogen) atoms. The first-order valence-corrected chi connectivity index (χ1v) is 9.31. The molecule has 6 heteroatoms. The SMILES string of the molecule is Cn1nccc1-c1ccnc2c1C(=O)N(CCc1ccc3ccccc3n1)C2. The summed E-state index contributed by atoms with van der Waals surface area (Å²) in [4.78, 5) is 24.1. The minimum absolute atomic E-state index is 0.0279. The molecule has 3 aromatic heterocycles. The molecule has 4 heterocycles. The zero-order valence-electron chi connectivity index (χ0n) is 15.5. The van der Waals surface area contributed by atoms with E-state index < -0.39 is 0 Å². The molecule has 0 bridgehead atoms. The summed E-state index contributed by atoms with van der Waals surface area (Å²) in [5.74, 6) is 0.0279. The molecular weight excluding hydrogens is 350 g/mol. The summed E-state index contributed by atoms with van der Waals surface area (Å²) in [6, 6.07) is 16.0. The van der Waals surface area contributed by atoms with Crippen LogP contribution in [0.3, 0.4) is 0 Å². The van der Waals surface area contributed by atoms with Gasteiger partial charge in [0.25, 0.3) is 5.91 Å². The maximum atomic E-state index is 13.1. The van der Waals surface area contributed by atoms with Crippen LogP contribution in [0, 0.1) is 0 Å². The quantitative estimate of drug-likeness (QED) is 0.554. The molecule has 0 N–H and O–H groups in total. The van der Waals surface area contributed by atoms with Gasteiger partial charge in [-0.15, -0.1) is 0 Å².